The Kier molecular flexibility index (Phi) is 3.08. The molecule has 2 aromatic carbocycles. The number of nitrogens with two attached hydrogens (primary N) is 1. The van der Waals surface area contributed by atoms with Gasteiger partial charge in [-0.05, 0) is 29.2 Å². The second-order valence-electron chi connectivity index (χ2n) is 4.68. The molecule has 3 heteroatoms. The number of hydrogen-bond donors (Lipinski definition) is 2. The Morgan fingerprint density at radius 3 is 2.56 bits per heavy atom. The van der Waals surface area contributed by atoms with Crippen LogP contribution in [-0.4, -0.2) is 0 Å². The van der Waals surface area contributed by atoms with Gasteiger partial charge in [-0.1, -0.05) is 54.1 Å². The molecule has 0 spiro atoms. The van der Waals surface area contributed by atoms with Crippen molar-refractivity contribution in [3.63, 3.8) is 0 Å². The van der Waals surface area contributed by atoms with Gasteiger partial charge in [-0.3, -0.25) is 11.3 Å². The van der Waals surface area contributed by atoms with Crippen LogP contribution in [0.1, 0.15) is 28.7 Å². The topological polar surface area (TPSA) is 38.0 Å². The van der Waals surface area contributed by atoms with Crippen molar-refractivity contribution in [2.75, 3.05) is 0 Å². The third kappa shape index (κ3) is 1.83. The van der Waals surface area contributed by atoms with Crippen molar-refractivity contribution < 1.29 is 0 Å². The summed E-state index contributed by atoms with van der Waals surface area (Å²) in [6.45, 7) is 0. The molecule has 0 amide bonds. The van der Waals surface area contributed by atoms with E-state index < -0.39 is 0 Å². The van der Waals surface area contributed by atoms with Gasteiger partial charge < -0.3 is 0 Å². The molecule has 3 rings (SSSR count). The number of fused-ring (bicyclic) bond motifs is 1. The summed E-state index contributed by atoms with van der Waals surface area (Å²) in [6.07, 6.45) is 1.05. The predicted molar refractivity (Wildman–Crippen MR) is 74.4 cm³/mol. The lowest BCUT2D eigenvalue weighted by Gasteiger charge is -2.36. The largest absolute Gasteiger partial charge is 0.271 e. The molecule has 2 nitrogen and oxygen atoms in total. The van der Waals surface area contributed by atoms with E-state index >= 15 is 0 Å². The van der Waals surface area contributed by atoms with Crippen LogP contribution in [-0.2, 0) is 6.42 Å². The van der Waals surface area contributed by atoms with Crippen molar-refractivity contribution in [2.45, 2.75) is 18.4 Å². The molecule has 0 fully saturated rings. The molecule has 0 saturated heterocycles. The molecule has 92 valence electrons. The second-order valence-corrected chi connectivity index (χ2v) is 5.08. The van der Waals surface area contributed by atoms with E-state index in [1.165, 1.54) is 11.1 Å². The molecule has 0 radical (unpaired) electrons. The molecule has 0 saturated carbocycles. The number of hydrogen-bond acceptors (Lipinski definition) is 2. The first-order valence-corrected chi connectivity index (χ1v) is 6.47. The third-order valence-corrected chi connectivity index (χ3v) is 4.06. The Labute approximate surface area is 112 Å². The number of hydrazine groups is 1. The Morgan fingerprint density at radius 2 is 1.83 bits per heavy atom. The fraction of sp³-hybridized carbons (Fsp3) is 0.200. The van der Waals surface area contributed by atoms with E-state index in [0.29, 0.717) is 5.92 Å². The van der Waals surface area contributed by atoms with E-state index in [1.54, 1.807) is 0 Å². The summed E-state index contributed by atoms with van der Waals surface area (Å²) in [5.41, 5.74) is 6.78. The van der Waals surface area contributed by atoms with Crippen molar-refractivity contribution in [1.29, 1.82) is 0 Å². The Balaban J connectivity index is 1.95. The van der Waals surface area contributed by atoms with Crippen LogP contribution in [0.15, 0.2) is 48.5 Å². The Morgan fingerprint density at radius 1 is 1.11 bits per heavy atom. The molecule has 0 aliphatic heterocycles. The summed E-state index contributed by atoms with van der Waals surface area (Å²) in [5, 5.41) is 0.768. The molecule has 2 unspecified atom stereocenters. The van der Waals surface area contributed by atoms with Crippen LogP contribution < -0.4 is 11.3 Å². The quantitative estimate of drug-likeness (QED) is 0.656. The standard InChI is InChI=1S/C15H15ClN2/c16-14-8-4-3-7-12(14)15(18-17)13-9-10-5-1-2-6-11(10)13/h1-8,13,15,18H,9,17H2. The lowest BCUT2D eigenvalue weighted by atomic mass is 9.72. The number of halogens is 1. The third-order valence-electron chi connectivity index (χ3n) is 3.72. The minimum Gasteiger partial charge on any atom is -0.271 e. The van der Waals surface area contributed by atoms with Crippen molar-refractivity contribution in [2.24, 2.45) is 5.84 Å². The van der Waals surface area contributed by atoms with Crippen LogP contribution in [0.4, 0.5) is 0 Å². The first kappa shape index (κ1) is 11.7. The Hall–Kier alpha value is -1.35. The van der Waals surface area contributed by atoms with Gasteiger partial charge in [0.2, 0.25) is 0 Å². The van der Waals surface area contributed by atoms with Crippen LogP contribution in [0, 0.1) is 0 Å². The van der Waals surface area contributed by atoms with E-state index in [0.717, 1.165) is 17.0 Å². The average molecular weight is 259 g/mol. The maximum absolute atomic E-state index is 6.25. The first-order chi connectivity index (χ1) is 8.81. The van der Waals surface area contributed by atoms with Crippen LogP contribution >= 0.6 is 11.6 Å². The molecule has 18 heavy (non-hydrogen) atoms. The predicted octanol–water partition coefficient (Wildman–Crippen LogP) is 3.18. The number of nitrogens with one attached hydrogen (secondary N) is 1. The highest BCUT2D eigenvalue weighted by Gasteiger charge is 2.33. The summed E-state index contributed by atoms with van der Waals surface area (Å²) in [4.78, 5) is 0. The van der Waals surface area contributed by atoms with Gasteiger partial charge in [0.25, 0.3) is 0 Å². The molecule has 0 bridgehead atoms. The monoisotopic (exact) mass is 258 g/mol. The van der Waals surface area contributed by atoms with Crippen LogP contribution in [0.25, 0.3) is 0 Å². The lowest BCUT2D eigenvalue weighted by Crippen LogP contribution is -2.37. The molecule has 3 N–H and O–H groups in total. The van der Waals surface area contributed by atoms with Crippen molar-refractivity contribution in [3.05, 3.63) is 70.2 Å². The van der Waals surface area contributed by atoms with Gasteiger partial charge >= 0.3 is 0 Å². The summed E-state index contributed by atoms with van der Waals surface area (Å²) in [5.74, 6) is 6.14. The Bertz CT molecular complexity index is 568. The summed E-state index contributed by atoms with van der Waals surface area (Å²) < 4.78 is 0. The van der Waals surface area contributed by atoms with Crippen LogP contribution in [0.3, 0.4) is 0 Å². The zero-order valence-corrected chi connectivity index (χ0v) is 10.7. The molecular weight excluding hydrogens is 244 g/mol. The summed E-state index contributed by atoms with van der Waals surface area (Å²) >= 11 is 6.25. The van der Waals surface area contributed by atoms with E-state index in [4.69, 9.17) is 17.4 Å². The van der Waals surface area contributed by atoms with Gasteiger partial charge in [-0.25, -0.2) is 0 Å². The van der Waals surface area contributed by atoms with Crippen LogP contribution in [0.5, 0.6) is 0 Å². The maximum atomic E-state index is 6.25. The molecular formula is C15H15ClN2. The van der Waals surface area contributed by atoms with Crippen molar-refractivity contribution in [3.8, 4) is 0 Å². The maximum Gasteiger partial charge on any atom is 0.0546 e. The minimum atomic E-state index is 0.0774. The zero-order chi connectivity index (χ0) is 12.5. The highest BCUT2D eigenvalue weighted by molar-refractivity contribution is 6.31. The summed E-state index contributed by atoms with van der Waals surface area (Å²) in [6, 6.07) is 16.5. The van der Waals surface area contributed by atoms with E-state index in [-0.39, 0.29) is 6.04 Å². The van der Waals surface area contributed by atoms with Gasteiger partial charge in [-0.2, -0.15) is 0 Å². The zero-order valence-electron chi connectivity index (χ0n) is 9.94. The molecule has 0 aromatic heterocycles. The second kappa shape index (κ2) is 4.73. The summed E-state index contributed by atoms with van der Waals surface area (Å²) in [7, 11) is 0. The SMILES string of the molecule is NNC(c1ccccc1Cl)C1Cc2ccccc21. The van der Waals surface area contributed by atoms with Gasteiger partial charge in [0.15, 0.2) is 0 Å². The molecule has 2 atom stereocenters. The number of rotatable bonds is 3. The van der Waals surface area contributed by atoms with Crippen molar-refractivity contribution in [1.82, 2.24) is 5.43 Å². The molecule has 1 aliphatic carbocycles. The smallest absolute Gasteiger partial charge is 0.0546 e. The minimum absolute atomic E-state index is 0.0774. The van der Waals surface area contributed by atoms with Gasteiger partial charge in [-0.15, -0.1) is 0 Å². The highest BCUT2D eigenvalue weighted by Crippen LogP contribution is 2.44. The van der Waals surface area contributed by atoms with Gasteiger partial charge in [0.05, 0.1) is 6.04 Å². The average Bonchev–Trinajstić information content (AvgIpc) is 2.37. The normalized spacial score (nSPS) is 18.9. The molecule has 1 aliphatic rings. The fourth-order valence-corrected chi connectivity index (χ4v) is 3.00. The van der Waals surface area contributed by atoms with Crippen molar-refractivity contribution >= 4 is 11.6 Å². The first-order valence-electron chi connectivity index (χ1n) is 6.09. The van der Waals surface area contributed by atoms with Crippen LogP contribution in [0.2, 0.25) is 5.02 Å². The number of benzene rings is 2. The van der Waals surface area contributed by atoms with Gasteiger partial charge in [0, 0.05) is 10.9 Å². The van der Waals surface area contributed by atoms with E-state index in [9.17, 15) is 0 Å². The molecule has 2 aromatic rings. The fourth-order valence-electron chi connectivity index (χ4n) is 2.75. The lowest BCUT2D eigenvalue weighted by molar-refractivity contribution is 0.419. The van der Waals surface area contributed by atoms with E-state index in [2.05, 4.69) is 29.7 Å². The van der Waals surface area contributed by atoms with Gasteiger partial charge in [0.1, 0.15) is 0 Å². The van der Waals surface area contributed by atoms with E-state index in [1.807, 2.05) is 24.3 Å². The highest BCUT2D eigenvalue weighted by atomic mass is 35.5. The molecule has 0 heterocycles.